The van der Waals surface area contributed by atoms with E-state index < -0.39 is 13.9 Å². The van der Waals surface area contributed by atoms with Gasteiger partial charge in [-0.25, -0.2) is 4.79 Å². The second kappa shape index (κ2) is 5.31. The van der Waals surface area contributed by atoms with Gasteiger partial charge in [0, 0.05) is 17.8 Å². The van der Waals surface area contributed by atoms with Gasteiger partial charge in [0.1, 0.15) is 5.60 Å². The van der Waals surface area contributed by atoms with Gasteiger partial charge in [-0.15, -0.1) is 0 Å². The summed E-state index contributed by atoms with van der Waals surface area (Å²) in [6, 6.07) is 9.86. The summed E-state index contributed by atoms with van der Waals surface area (Å²) in [6.45, 7) is 9.75. The summed E-state index contributed by atoms with van der Waals surface area (Å²) in [5.74, 6) is 0. The third-order valence-corrected chi connectivity index (χ3v) is 6.04. The first-order valence-electron chi connectivity index (χ1n) is 7.05. The maximum absolute atomic E-state index is 12.6. The molecule has 2 aromatic rings. The first-order valence-corrected chi connectivity index (χ1v) is 9.96. The van der Waals surface area contributed by atoms with Gasteiger partial charge in [0.2, 0.25) is 8.32 Å². The molecule has 0 amide bonds. The lowest BCUT2D eigenvalue weighted by atomic mass is 10.2. The van der Waals surface area contributed by atoms with Crippen LogP contribution in [0.5, 0.6) is 0 Å². The number of nitrogens with zero attached hydrogens (tertiary/aromatic N) is 1. The van der Waals surface area contributed by atoms with Crippen LogP contribution in [0.3, 0.4) is 0 Å². The molecular formula is C16H23NO3Si. The molecule has 1 aromatic carbocycles. The van der Waals surface area contributed by atoms with Crippen LogP contribution < -0.4 is 5.32 Å². The van der Waals surface area contributed by atoms with E-state index in [0.717, 1.165) is 16.2 Å². The summed E-state index contributed by atoms with van der Waals surface area (Å²) in [4.78, 5) is 12.6. The minimum absolute atomic E-state index is 0.351. The number of fused-ring (bicyclic) bond motifs is 1. The molecule has 0 saturated carbocycles. The zero-order valence-corrected chi connectivity index (χ0v) is 14.6. The number of rotatable bonds is 2. The topological polar surface area (TPSA) is 40.5 Å². The third-order valence-electron chi connectivity index (χ3n) is 3.41. The Hall–Kier alpha value is -1.59. The molecule has 5 heteroatoms. The molecule has 0 saturated heterocycles. The van der Waals surface area contributed by atoms with Crippen molar-refractivity contribution < 1.29 is 14.0 Å². The van der Waals surface area contributed by atoms with Gasteiger partial charge in [0.25, 0.3) is 0 Å². The van der Waals surface area contributed by atoms with E-state index in [1.54, 1.807) is 11.7 Å². The standard InChI is InChI=1S/C16H23NO3Si/c1-16(2,3)20-15(18)17-13-10-8-7-9-12(13)11-14(17)21(5,6)19-4/h7-11H,1-6H3. The molecule has 2 rings (SSSR count). The van der Waals surface area contributed by atoms with Crippen LogP contribution in [-0.2, 0) is 9.16 Å². The van der Waals surface area contributed by atoms with E-state index in [4.69, 9.17) is 9.16 Å². The van der Waals surface area contributed by atoms with Gasteiger partial charge < -0.3 is 9.16 Å². The molecule has 21 heavy (non-hydrogen) atoms. The molecule has 1 heterocycles. The van der Waals surface area contributed by atoms with Crippen LogP contribution in [-0.4, -0.2) is 31.7 Å². The van der Waals surface area contributed by atoms with Crippen LogP contribution in [0.25, 0.3) is 10.9 Å². The summed E-state index contributed by atoms with van der Waals surface area (Å²) < 4.78 is 12.9. The Bertz CT molecular complexity index is 668. The van der Waals surface area contributed by atoms with Gasteiger partial charge >= 0.3 is 6.09 Å². The molecule has 4 nitrogen and oxygen atoms in total. The fourth-order valence-electron chi connectivity index (χ4n) is 2.21. The summed E-state index contributed by atoms with van der Waals surface area (Å²) in [6.07, 6.45) is -0.351. The predicted molar refractivity (Wildman–Crippen MR) is 87.7 cm³/mol. The molecule has 0 aliphatic carbocycles. The van der Waals surface area contributed by atoms with E-state index in [9.17, 15) is 4.79 Å². The normalized spacial score (nSPS) is 12.7. The van der Waals surface area contributed by atoms with Crippen molar-refractivity contribution in [2.24, 2.45) is 0 Å². The highest BCUT2D eigenvalue weighted by Gasteiger charge is 2.32. The van der Waals surface area contributed by atoms with Crippen molar-refractivity contribution in [1.82, 2.24) is 4.57 Å². The van der Waals surface area contributed by atoms with Gasteiger partial charge in [-0.2, -0.15) is 0 Å². The quantitative estimate of drug-likeness (QED) is 0.798. The van der Waals surface area contributed by atoms with Crippen LogP contribution in [0.1, 0.15) is 20.8 Å². The lowest BCUT2D eigenvalue weighted by Gasteiger charge is -2.25. The Morgan fingerprint density at radius 1 is 1.19 bits per heavy atom. The van der Waals surface area contributed by atoms with Crippen LogP contribution in [0.15, 0.2) is 30.3 Å². The fraction of sp³-hybridized carbons (Fsp3) is 0.438. The molecule has 0 N–H and O–H groups in total. The number of carbonyl (C=O) groups excluding carboxylic acids is 1. The van der Waals surface area contributed by atoms with Gasteiger partial charge in [-0.3, -0.25) is 4.57 Å². The summed E-state index contributed by atoms with van der Waals surface area (Å²) in [5.41, 5.74) is 0.331. The van der Waals surface area contributed by atoms with Crippen LogP contribution in [0.2, 0.25) is 13.1 Å². The average Bonchev–Trinajstić information content (AvgIpc) is 2.76. The van der Waals surface area contributed by atoms with Crippen molar-refractivity contribution in [3.8, 4) is 0 Å². The molecule has 0 atom stereocenters. The highest BCUT2D eigenvalue weighted by atomic mass is 28.4. The van der Waals surface area contributed by atoms with E-state index >= 15 is 0 Å². The Labute approximate surface area is 126 Å². The first-order chi connectivity index (χ1) is 9.65. The average molecular weight is 305 g/mol. The second-order valence-corrected chi connectivity index (χ2v) is 10.6. The highest BCUT2D eigenvalue weighted by Crippen LogP contribution is 2.19. The Morgan fingerprint density at radius 3 is 2.38 bits per heavy atom. The van der Waals surface area contributed by atoms with E-state index in [2.05, 4.69) is 13.1 Å². The summed E-state index contributed by atoms with van der Waals surface area (Å²) in [7, 11) is -0.459. The van der Waals surface area contributed by atoms with Crippen molar-refractivity contribution in [3.63, 3.8) is 0 Å². The maximum Gasteiger partial charge on any atom is 0.418 e. The lowest BCUT2D eigenvalue weighted by molar-refractivity contribution is 0.0548. The van der Waals surface area contributed by atoms with Gasteiger partial charge in [0.05, 0.1) is 5.52 Å². The van der Waals surface area contributed by atoms with Crippen molar-refractivity contribution in [2.75, 3.05) is 7.11 Å². The second-order valence-electron chi connectivity index (χ2n) is 6.62. The molecule has 0 spiro atoms. The smallest absolute Gasteiger partial charge is 0.418 e. The minimum Gasteiger partial charge on any atom is -0.443 e. The van der Waals surface area contributed by atoms with Crippen LogP contribution >= 0.6 is 0 Å². The largest absolute Gasteiger partial charge is 0.443 e. The van der Waals surface area contributed by atoms with E-state index in [0.29, 0.717) is 0 Å². The predicted octanol–water partition coefficient (Wildman–Crippen LogP) is 3.48. The third kappa shape index (κ3) is 3.19. The van der Waals surface area contributed by atoms with E-state index in [1.165, 1.54) is 0 Å². The fourth-order valence-corrected chi connectivity index (χ4v) is 3.67. The number of para-hydroxylation sites is 1. The minimum atomic E-state index is -2.16. The number of hydrogen-bond acceptors (Lipinski definition) is 3. The monoisotopic (exact) mass is 305 g/mol. The molecule has 0 aliphatic heterocycles. The van der Waals surface area contributed by atoms with Gasteiger partial charge in [0.15, 0.2) is 0 Å². The van der Waals surface area contributed by atoms with Crippen LogP contribution in [0, 0.1) is 0 Å². The molecule has 0 aliphatic rings. The molecule has 0 unspecified atom stereocenters. The molecule has 1 aromatic heterocycles. The van der Waals surface area contributed by atoms with Crippen LogP contribution in [0.4, 0.5) is 4.79 Å². The maximum atomic E-state index is 12.6. The zero-order chi connectivity index (χ0) is 15.8. The highest BCUT2D eigenvalue weighted by molar-refractivity contribution is 6.84. The van der Waals surface area contributed by atoms with Crippen molar-refractivity contribution >= 4 is 30.6 Å². The Morgan fingerprint density at radius 2 is 1.81 bits per heavy atom. The summed E-state index contributed by atoms with van der Waals surface area (Å²) in [5, 5.41) is 1.94. The van der Waals surface area contributed by atoms with E-state index in [-0.39, 0.29) is 6.09 Å². The number of benzene rings is 1. The summed E-state index contributed by atoms with van der Waals surface area (Å²) >= 11 is 0. The number of hydrogen-bond donors (Lipinski definition) is 0. The molecule has 0 fully saturated rings. The molecular weight excluding hydrogens is 282 g/mol. The SMILES string of the molecule is CO[Si](C)(C)c1cc2ccccc2n1C(=O)OC(C)(C)C. The van der Waals surface area contributed by atoms with Gasteiger partial charge in [-0.1, -0.05) is 18.2 Å². The Balaban J connectivity index is 2.64. The van der Waals surface area contributed by atoms with E-state index in [1.807, 2.05) is 51.1 Å². The lowest BCUT2D eigenvalue weighted by Crippen LogP contribution is -2.49. The number of ether oxygens (including phenoxy) is 1. The van der Waals surface area contributed by atoms with Crippen molar-refractivity contribution in [2.45, 2.75) is 39.5 Å². The van der Waals surface area contributed by atoms with Crippen molar-refractivity contribution in [1.29, 1.82) is 0 Å². The van der Waals surface area contributed by atoms with Crippen molar-refractivity contribution in [3.05, 3.63) is 30.3 Å². The Kier molecular flexibility index (Phi) is 3.99. The molecule has 0 bridgehead atoms. The molecule has 0 radical (unpaired) electrons. The molecule has 114 valence electrons. The zero-order valence-electron chi connectivity index (χ0n) is 13.6. The first kappa shape index (κ1) is 15.8. The number of aromatic nitrogens is 1. The number of carbonyl (C=O) groups is 1. The van der Waals surface area contributed by atoms with Gasteiger partial charge in [-0.05, 0) is 46.0 Å².